The Bertz CT molecular complexity index is 398. The first-order chi connectivity index (χ1) is 10.3. The molecule has 0 spiro atoms. The molecular formula is C19H28FN. The van der Waals surface area contributed by atoms with Crippen molar-refractivity contribution in [1.29, 1.82) is 0 Å². The van der Waals surface area contributed by atoms with Crippen molar-refractivity contribution in [2.45, 2.75) is 82.8 Å². The standard InChI is InChI=1S/C19H28FN/c20-17-13-11-16(12-14-17)15-21(18-7-3-1-4-8-18)19-9-5-2-6-10-19/h11-14,18-19H,1-10,15H2. The minimum Gasteiger partial charge on any atom is -0.293 e. The van der Waals surface area contributed by atoms with Gasteiger partial charge in [-0.1, -0.05) is 50.7 Å². The van der Waals surface area contributed by atoms with Crippen molar-refractivity contribution in [2.75, 3.05) is 0 Å². The topological polar surface area (TPSA) is 3.24 Å². The summed E-state index contributed by atoms with van der Waals surface area (Å²) >= 11 is 0. The molecule has 0 N–H and O–H groups in total. The monoisotopic (exact) mass is 289 g/mol. The van der Waals surface area contributed by atoms with Crippen LogP contribution in [0.4, 0.5) is 4.39 Å². The van der Waals surface area contributed by atoms with Gasteiger partial charge in [0.2, 0.25) is 0 Å². The lowest BCUT2D eigenvalue weighted by molar-refractivity contribution is 0.0731. The second-order valence-corrected chi connectivity index (χ2v) is 6.88. The summed E-state index contributed by atoms with van der Waals surface area (Å²) in [5, 5.41) is 0. The van der Waals surface area contributed by atoms with E-state index in [1.54, 1.807) is 12.1 Å². The molecule has 2 aliphatic carbocycles. The zero-order valence-electron chi connectivity index (χ0n) is 13.1. The number of halogens is 1. The molecule has 0 saturated heterocycles. The first kappa shape index (κ1) is 15.0. The van der Waals surface area contributed by atoms with Crippen LogP contribution in [0.5, 0.6) is 0 Å². The van der Waals surface area contributed by atoms with Crippen LogP contribution in [0.3, 0.4) is 0 Å². The fraction of sp³-hybridized carbons (Fsp3) is 0.684. The van der Waals surface area contributed by atoms with Crippen LogP contribution in [0.1, 0.15) is 69.8 Å². The van der Waals surface area contributed by atoms with Crippen LogP contribution in [-0.2, 0) is 6.54 Å². The van der Waals surface area contributed by atoms with Crippen molar-refractivity contribution in [3.05, 3.63) is 35.6 Å². The quantitative estimate of drug-likeness (QED) is 0.727. The van der Waals surface area contributed by atoms with E-state index in [0.717, 1.165) is 18.6 Å². The van der Waals surface area contributed by atoms with Crippen LogP contribution in [-0.4, -0.2) is 17.0 Å². The van der Waals surface area contributed by atoms with Crippen LogP contribution < -0.4 is 0 Å². The zero-order valence-corrected chi connectivity index (χ0v) is 13.1. The van der Waals surface area contributed by atoms with Gasteiger partial charge < -0.3 is 0 Å². The Morgan fingerprint density at radius 2 is 1.24 bits per heavy atom. The summed E-state index contributed by atoms with van der Waals surface area (Å²) in [6.45, 7) is 1.01. The van der Waals surface area contributed by atoms with Crippen LogP contribution >= 0.6 is 0 Å². The number of rotatable bonds is 4. The maximum Gasteiger partial charge on any atom is 0.123 e. The van der Waals surface area contributed by atoms with Crippen molar-refractivity contribution in [3.63, 3.8) is 0 Å². The highest BCUT2D eigenvalue weighted by Gasteiger charge is 2.28. The van der Waals surface area contributed by atoms with Crippen molar-refractivity contribution in [1.82, 2.24) is 4.90 Å². The van der Waals surface area contributed by atoms with Crippen LogP contribution in [0.15, 0.2) is 24.3 Å². The number of hydrogen-bond acceptors (Lipinski definition) is 1. The highest BCUT2D eigenvalue weighted by Crippen LogP contribution is 2.31. The lowest BCUT2D eigenvalue weighted by atomic mass is 9.88. The number of nitrogens with zero attached hydrogens (tertiary/aromatic N) is 1. The second-order valence-electron chi connectivity index (χ2n) is 6.88. The SMILES string of the molecule is Fc1ccc(CN(C2CCCCC2)C2CCCCC2)cc1. The molecule has 2 fully saturated rings. The molecule has 1 aromatic rings. The minimum absolute atomic E-state index is 0.124. The largest absolute Gasteiger partial charge is 0.293 e. The molecule has 0 amide bonds. The van der Waals surface area contributed by atoms with Gasteiger partial charge in [0.15, 0.2) is 0 Å². The normalized spacial score (nSPS) is 21.8. The van der Waals surface area contributed by atoms with E-state index in [1.165, 1.54) is 69.8 Å². The van der Waals surface area contributed by atoms with Gasteiger partial charge in [0.05, 0.1) is 0 Å². The van der Waals surface area contributed by atoms with Crippen LogP contribution in [0.25, 0.3) is 0 Å². The highest BCUT2D eigenvalue weighted by atomic mass is 19.1. The predicted octanol–water partition coefficient (Wildman–Crippen LogP) is 5.29. The third kappa shape index (κ3) is 4.06. The Labute approximate surface area is 128 Å². The molecule has 2 aliphatic rings. The fourth-order valence-electron chi connectivity index (χ4n) is 4.18. The van der Waals surface area contributed by atoms with Gasteiger partial charge in [-0.2, -0.15) is 0 Å². The molecule has 0 aromatic heterocycles. The lowest BCUT2D eigenvalue weighted by Crippen LogP contribution is -2.44. The van der Waals surface area contributed by atoms with Gasteiger partial charge in [0.25, 0.3) is 0 Å². The molecule has 0 heterocycles. The molecule has 0 unspecified atom stereocenters. The van der Waals surface area contributed by atoms with Crippen LogP contribution in [0.2, 0.25) is 0 Å². The van der Waals surface area contributed by atoms with E-state index in [1.807, 2.05) is 12.1 Å². The van der Waals surface area contributed by atoms with Gasteiger partial charge in [-0.3, -0.25) is 4.90 Å². The molecule has 116 valence electrons. The van der Waals surface area contributed by atoms with Crippen molar-refractivity contribution < 1.29 is 4.39 Å². The van der Waals surface area contributed by atoms with E-state index in [9.17, 15) is 4.39 Å². The predicted molar refractivity (Wildman–Crippen MR) is 85.7 cm³/mol. The summed E-state index contributed by atoms with van der Waals surface area (Å²) in [5.74, 6) is -0.124. The Balaban J connectivity index is 1.72. The molecule has 3 rings (SSSR count). The van der Waals surface area contributed by atoms with Gasteiger partial charge in [-0.25, -0.2) is 4.39 Å². The smallest absolute Gasteiger partial charge is 0.123 e. The molecule has 0 aliphatic heterocycles. The zero-order chi connectivity index (χ0) is 14.5. The molecule has 1 nitrogen and oxygen atoms in total. The van der Waals surface area contributed by atoms with E-state index in [-0.39, 0.29) is 5.82 Å². The summed E-state index contributed by atoms with van der Waals surface area (Å²) in [6, 6.07) is 8.66. The molecule has 0 atom stereocenters. The summed E-state index contributed by atoms with van der Waals surface area (Å²) in [6.07, 6.45) is 13.8. The van der Waals surface area contributed by atoms with Crippen molar-refractivity contribution in [3.8, 4) is 0 Å². The number of hydrogen-bond donors (Lipinski definition) is 0. The lowest BCUT2D eigenvalue weighted by Gasteiger charge is -2.41. The number of benzene rings is 1. The van der Waals surface area contributed by atoms with E-state index in [4.69, 9.17) is 0 Å². The molecule has 21 heavy (non-hydrogen) atoms. The molecule has 1 aromatic carbocycles. The Morgan fingerprint density at radius 3 is 1.71 bits per heavy atom. The maximum atomic E-state index is 13.1. The summed E-state index contributed by atoms with van der Waals surface area (Å²) < 4.78 is 13.1. The summed E-state index contributed by atoms with van der Waals surface area (Å²) in [7, 11) is 0. The second kappa shape index (κ2) is 7.40. The molecule has 2 heteroatoms. The highest BCUT2D eigenvalue weighted by molar-refractivity contribution is 5.16. The van der Waals surface area contributed by atoms with E-state index in [0.29, 0.717) is 0 Å². The molecular weight excluding hydrogens is 261 g/mol. The van der Waals surface area contributed by atoms with E-state index < -0.39 is 0 Å². The molecule has 0 radical (unpaired) electrons. The van der Waals surface area contributed by atoms with Crippen molar-refractivity contribution >= 4 is 0 Å². The Kier molecular flexibility index (Phi) is 5.29. The summed E-state index contributed by atoms with van der Waals surface area (Å²) in [5.41, 5.74) is 1.27. The fourth-order valence-corrected chi connectivity index (χ4v) is 4.18. The maximum absolute atomic E-state index is 13.1. The van der Waals surface area contributed by atoms with Gasteiger partial charge >= 0.3 is 0 Å². The first-order valence-corrected chi connectivity index (χ1v) is 8.83. The van der Waals surface area contributed by atoms with E-state index in [2.05, 4.69) is 4.90 Å². The van der Waals surface area contributed by atoms with Gasteiger partial charge in [-0.05, 0) is 43.4 Å². The van der Waals surface area contributed by atoms with Crippen molar-refractivity contribution in [2.24, 2.45) is 0 Å². The third-order valence-electron chi connectivity index (χ3n) is 5.37. The Morgan fingerprint density at radius 1 is 0.762 bits per heavy atom. The molecule has 0 bridgehead atoms. The third-order valence-corrected chi connectivity index (χ3v) is 5.37. The Hall–Kier alpha value is -0.890. The average molecular weight is 289 g/mol. The van der Waals surface area contributed by atoms with Crippen LogP contribution in [0, 0.1) is 5.82 Å². The molecule has 2 saturated carbocycles. The van der Waals surface area contributed by atoms with Gasteiger partial charge in [0.1, 0.15) is 5.82 Å². The van der Waals surface area contributed by atoms with E-state index >= 15 is 0 Å². The van der Waals surface area contributed by atoms with Gasteiger partial charge in [-0.15, -0.1) is 0 Å². The average Bonchev–Trinajstić information content (AvgIpc) is 2.56. The first-order valence-electron chi connectivity index (χ1n) is 8.83. The van der Waals surface area contributed by atoms with Gasteiger partial charge in [0, 0.05) is 18.6 Å². The minimum atomic E-state index is -0.124. The summed E-state index contributed by atoms with van der Waals surface area (Å²) in [4.78, 5) is 2.77.